The summed E-state index contributed by atoms with van der Waals surface area (Å²) in [6.07, 6.45) is 13.9. The number of pyridine rings is 2. The summed E-state index contributed by atoms with van der Waals surface area (Å²) in [5, 5.41) is 14.8. The number of carbonyl (C=O) groups excluding carboxylic acids is 1. The number of hydrogen-bond donors (Lipinski definition) is 1. The van der Waals surface area contributed by atoms with Crippen LogP contribution in [0.3, 0.4) is 0 Å². The third-order valence-corrected chi connectivity index (χ3v) is 13.2. The van der Waals surface area contributed by atoms with E-state index in [0.717, 1.165) is 53.8 Å². The molecule has 4 aromatic carbocycles. The molecule has 1 radical (unpaired) electrons. The van der Waals surface area contributed by atoms with Crippen LogP contribution in [0, 0.1) is 63.5 Å². The molecular weight excluding hydrogens is 937 g/mol. The molecular formula is C57H70IrN2O2-2. The maximum Gasteiger partial charge on any atom is 0.164 e. The molecule has 0 amide bonds. The SMILES string of the molecule is CCC(CC)/C(O)=C/C(=O)C(C)(CC)CC.Cc1[c-]c(-c2nccc3cc(C)ccc23)cc(C)c1.Cc1[c-]c(-c2nccc3cc(C4CCC(C)(C)CC4)ccc23)cc(C)c1.[Ir]. The molecule has 1 N–H and O–H groups in total. The molecule has 62 heavy (non-hydrogen) atoms. The van der Waals surface area contributed by atoms with Crippen molar-refractivity contribution in [1.29, 1.82) is 0 Å². The quantitative estimate of drug-likeness (QED) is 0.0844. The Hall–Kier alpha value is -4.44. The zero-order valence-corrected chi connectivity index (χ0v) is 42.0. The summed E-state index contributed by atoms with van der Waals surface area (Å²) >= 11 is 0. The number of rotatable bonds is 10. The van der Waals surface area contributed by atoms with E-state index in [4.69, 9.17) is 0 Å². The second-order valence-corrected chi connectivity index (χ2v) is 18.7. The molecule has 0 saturated heterocycles. The maximum atomic E-state index is 12.0. The van der Waals surface area contributed by atoms with Crippen molar-refractivity contribution < 1.29 is 30.0 Å². The third-order valence-electron chi connectivity index (χ3n) is 13.2. The van der Waals surface area contributed by atoms with Gasteiger partial charge in [-0.1, -0.05) is 118 Å². The van der Waals surface area contributed by atoms with Gasteiger partial charge in [-0.15, -0.1) is 69.8 Å². The monoisotopic (exact) mass is 1010 g/mol. The van der Waals surface area contributed by atoms with E-state index >= 15 is 0 Å². The summed E-state index contributed by atoms with van der Waals surface area (Å²) in [4.78, 5) is 21.3. The molecule has 0 spiro atoms. The molecule has 4 nitrogen and oxygen atoms in total. The molecule has 0 bridgehead atoms. The summed E-state index contributed by atoms with van der Waals surface area (Å²) in [6, 6.07) is 33.2. The Morgan fingerprint density at radius 1 is 0.726 bits per heavy atom. The number of fused-ring (bicyclic) bond motifs is 2. The van der Waals surface area contributed by atoms with Crippen molar-refractivity contribution in [1.82, 2.24) is 9.97 Å². The van der Waals surface area contributed by atoms with Gasteiger partial charge in [0, 0.05) is 49.9 Å². The first-order chi connectivity index (χ1) is 29.0. The van der Waals surface area contributed by atoms with Gasteiger partial charge in [0.2, 0.25) is 0 Å². The molecule has 331 valence electrons. The number of ketones is 1. The van der Waals surface area contributed by atoms with E-state index in [-0.39, 0.29) is 43.0 Å². The van der Waals surface area contributed by atoms with Crippen molar-refractivity contribution >= 4 is 27.3 Å². The Morgan fingerprint density at radius 3 is 1.68 bits per heavy atom. The van der Waals surface area contributed by atoms with Gasteiger partial charge < -0.3 is 15.1 Å². The number of benzene rings is 4. The first-order valence-corrected chi connectivity index (χ1v) is 22.7. The molecule has 7 rings (SSSR count). The molecule has 1 aliphatic rings. The average molecular weight is 1010 g/mol. The van der Waals surface area contributed by atoms with Crippen LogP contribution in [0.25, 0.3) is 44.1 Å². The average Bonchev–Trinajstić information content (AvgIpc) is 3.22. The molecule has 1 saturated carbocycles. The van der Waals surface area contributed by atoms with Gasteiger partial charge in [-0.05, 0) is 120 Å². The van der Waals surface area contributed by atoms with Gasteiger partial charge in [0.25, 0.3) is 0 Å². The fourth-order valence-electron chi connectivity index (χ4n) is 8.69. The van der Waals surface area contributed by atoms with Crippen molar-refractivity contribution in [2.45, 2.75) is 140 Å². The summed E-state index contributed by atoms with van der Waals surface area (Å²) in [5.41, 5.74) is 12.0. The van der Waals surface area contributed by atoms with Crippen LogP contribution in [0.4, 0.5) is 0 Å². The number of aliphatic hydroxyl groups excluding tert-OH is 1. The summed E-state index contributed by atoms with van der Waals surface area (Å²) in [7, 11) is 0. The molecule has 2 aromatic heterocycles. The van der Waals surface area contributed by atoms with E-state index in [0.29, 0.717) is 11.3 Å². The van der Waals surface area contributed by atoms with Crippen LogP contribution in [0.2, 0.25) is 0 Å². The van der Waals surface area contributed by atoms with Crippen LogP contribution in [-0.2, 0) is 24.9 Å². The molecule has 1 aliphatic carbocycles. The van der Waals surface area contributed by atoms with Crippen LogP contribution in [0.15, 0.2) is 97.0 Å². The van der Waals surface area contributed by atoms with Gasteiger partial charge in [0.05, 0.1) is 5.76 Å². The van der Waals surface area contributed by atoms with E-state index in [9.17, 15) is 9.90 Å². The van der Waals surface area contributed by atoms with Crippen LogP contribution < -0.4 is 0 Å². The number of allylic oxidation sites excluding steroid dienone is 2. The van der Waals surface area contributed by atoms with E-state index in [1.54, 1.807) is 0 Å². The van der Waals surface area contributed by atoms with Gasteiger partial charge >= 0.3 is 0 Å². The van der Waals surface area contributed by atoms with E-state index in [1.807, 2.05) is 47.0 Å². The zero-order chi connectivity index (χ0) is 44.5. The number of aryl methyl sites for hydroxylation is 5. The number of carbonyl (C=O) groups is 1. The Bertz CT molecular complexity index is 2420. The third kappa shape index (κ3) is 12.8. The van der Waals surface area contributed by atoms with Gasteiger partial charge in [-0.3, -0.25) is 4.79 Å². The van der Waals surface area contributed by atoms with Crippen molar-refractivity contribution in [2.24, 2.45) is 16.7 Å². The van der Waals surface area contributed by atoms with Crippen molar-refractivity contribution in [3.8, 4) is 22.5 Å². The molecule has 0 aliphatic heterocycles. The molecule has 0 unspecified atom stereocenters. The minimum atomic E-state index is -0.319. The first kappa shape index (κ1) is 50.2. The van der Waals surface area contributed by atoms with Crippen LogP contribution in [0.1, 0.15) is 139 Å². The van der Waals surface area contributed by atoms with Crippen LogP contribution in [0.5, 0.6) is 0 Å². The Morgan fingerprint density at radius 2 is 1.21 bits per heavy atom. The molecule has 5 heteroatoms. The summed E-state index contributed by atoms with van der Waals surface area (Å²) in [6.45, 7) is 25.4. The van der Waals surface area contributed by atoms with E-state index in [2.05, 4.69) is 143 Å². The summed E-state index contributed by atoms with van der Waals surface area (Å²) in [5.74, 6) is 1.14. The Balaban J connectivity index is 0.000000211. The smallest absolute Gasteiger partial charge is 0.164 e. The molecule has 6 aromatic rings. The normalized spacial score (nSPS) is 14.1. The van der Waals surface area contributed by atoms with E-state index in [1.165, 1.54) is 81.1 Å². The van der Waals surface area contributed by atoms with Crippen molar-refractivity contribution in [3.63, 3.8) is 0 Å². The predicted molar refractivity (Wildman–Crippen MR) is 259 cm³/mol. The predicted octanol–water partition coefficient (Wildman–Crippen LogP) is 15.9. The number of aliphatic hydroxyl groups is 1. The van der Waals surface area contributed by atoms with Gasteiger partial charge in [0.1, 0.15) is 0 Å². The van der Waals surface area contributed by atoms with Gasteiger partial charge in [-0.25, -0.2) is 0 Å². The van der Waals surface area contributed by atoms with Crippen LogP contribution >= 0.6 is 0 Å². The zero-order valence-electron chi connectivity index (χ0n) is 39.6. The van der Waals surface area contributed by atoms with Gasteiger partial charge in [-0.2, -0.15) is 0 Å². The van der Waals surface area contributed by atoms with Crippen LogP contribution in [-0.4, -0.2) is 20.9 Å². The topological polar surface area (TPSA) is 63.1 Å². The number of nitrogens with zero attached hydrogens (tertiary/aromatic N) is 2. The molecule has 2 heterocycles. The van der Waals surface area contributed by atoms with Crippen molar-refractivity contribution in [2.75, 3.05) is 0 Å². The standard InChI is InChI=1S/C25H28N.C18H16N.C14H26O2.Ir/c1-17-13-18(2)15-22(14-17)24-23-6-5-20(16-21(23)9-12-26-24)19-7-10-25(3,4)11-8-19;1-12-4-5-17-15(9-12)6-7-19-18(17)16-10-13(2)8-14(3)11-16;1-6-11(7-2)12(15)10-13(16)14(5,8-3)9-4;/h5-6,9,12-14,16,19H,7-8,10-11H2,1-4H3;4-10H,1-3H3;10-11,15H,6-9H2,1-5H3;/q2*-1;;/b;;12-10-;. The fraction of sp³-hybridized carbons (Fsp3) is 0.421. The maximum absolute atomic E-state index is 12.0. The Labute approximate surface area is 387 Å². The summed E-state index contributed by atoms with van der Waals surface area (Å²) < 4.78 is 0. The number of aromatic nitrogens is 2. The largest absolute Gasteiger partial charge is 0.512 e. The minimum Gasteiger partial charge on any atom is -0.512 e. The first-order valence-electron chi connectivity index (χ1n) is 22.7. The molecule has 0 atom stereocenters. The fourth-order valence-corrected chi connectivity index (χ4v) is 8.69. The van der Waals surface area contributed by atoms with Crippen molar-refractivity contribution in [3.05, 3.63) is 143 Å². The van der Waals surface area contributed by atoms with Gasteiger partial charge in [0.15, 0.2) is 5.78 Å². The second-order valence-electron chi connectivity index (χ2n) is 18.7. The number of hydrogen-bond acceptors (Lipinski definition) is 4. The van der Waals surface area contributed by atoms with E-state index < -0.39 is 0 Å². The second kappa shape index (κ2) is 22.3. The minimum absolute atomic E-state index is 0. The Kier molecular flexibility index (Phi) is 18.0. The molecule has 1 fully saturated rings.